The zero-order chi connectivity index (χ0) is 16.5. The summed E-state index contributed by atoms with van der Waals surface area (Å²) in [5.74, 6) is 0.696. The fourth-order valence-corrected chi connectivity index (χ4v) is 4.15. The second-order valence-electron chi connectivity index (χ2n) is 6.84. The van der Waals surface area contributed by atoms with Gasteiger partial charge in [-0.25, -0.2) is 4.98 Å². The van der Waals surface area contributed by atoms with Gasteiger partial charge >= 0.3 is 0 Å². The third kappa shape index (κ3) is 2.84. The van der Waals surface area contributed by atoms with E-state index in [9.17, 15) is 0 Å². The molecule has 3 nitrogen and oxygen atoms in total. The van der Waals surface area contributed by atoms with Crippen LogP contribution >= 0.6 is 0 Å². The Morgan fingerprint density at radius 1 is 1.12 bits per heavy atom. The van der Waals surface area contributed by atoms with Crippen LogP contribution in [0.5, 0.6) is 5.88 Å². The van der Waals surface area contributed by atoms with E-state index in [-0.39, 0.29) is 0 Å². The molecule has 2 bridgehead atoms. The lowest BCUT2D eigenvalue weighted by Gasteiger charge is -2.34. The van der Waals surface area contributed by atoms with Crippen LogP contribution < -0.4 is 4.74 Å². The summed E-state index contributed by atoms with van der Waals surface area (Å²) in [6.45, 7) is 3.14. The number of aryl methyl sites for hydroxylation is 1. The molecule has 0 aliphatic carbocycles. The van der Waals surface area contributed by atoms with Crippen molar-refractivity contribution in [1.82, 2.24) is 9.88 Å². The Morgan fingerprint density at radius 2 is 1.96 bits per heavy atom. The second kappa shape index (κ2) is 6.40. The summed E-state index contributed by atoms with van der Waals surface area (Å²) in [7, 11) is 1.67. The molecule has 2 aliphatic rings. The normalized spacial score (nSPS) is 23.2. The first-order valence-corrected chi connectivity index (χ1v) is 8.77. The van der Waals surface area contributed by atoms with Gasteiger partial charge in [-0.2, -0.15) is 0 Å². The number of pyridine rings is 1. The minimum Gasteiger partial charge on any atom is -0.481 e. The first-order valence-electron chi connectivity index (χ1n) is 8.77. The van der Waals surface area contributed by atoms with Crippen LogP contribution in [0.1, 0.15) is 36.1 Å². The number of ether oxygens (including phenoxy) is 1. The standard InChI is InChI=1S/C21H24N2O/c1-15-20(10-11-21(22-15)24-2)17-12-18-8-9-19(13-17)23(18)14-16-6-4-3-5-7-16/h3-7,10-12,18-19H,8-9,13-14H2,1-2H3. The minimum absolute atomic E-state index is 0.556. The van der Waals surface area contributed by atoms with Crippen LogP contribution in [0.3, 0.4) is 0 Å². The quantitative estimate of drug-likeness (QED) is 0.843. The van der Waals surface area contributed by atoms with Gasteiger partial charge in [-0.3, -0.25) is 4.90 Å². The van der Waals surface area contributed by atoms with Gasteiger partial charge in [0.2, 0.25) is 5.88 Å². The molecule has 24 heavy (non-hydrogen) atoms. The van der Waals surface area contributed by atoms with Crippen LogP contribution in [-0.4, -0.2) is 29.1 Å². The molecule has 2 aromatic rings. The Bertz CT molecular complexity index is 754. The lowest BCUT2D eigenvalue weighted by molar-refractivity contribution is 0.203. The maximum atomic E-state index is 5.24. The average Bonchev–Trinajstić information content (AvgIpc) is 2.84. The molecule has 2 unspecified atom stereocenters. The predicted molar refractivity (Wildman–Crippen MR) is 96.9 cm³/mol. The number of rotatable bonds is 4. The number of benzene rings is 1. The number of methoxy groups -OCH3 is 1. The van der Waals surface area contributed by atoms with Gasteiger partial charge in [-0.1, -0.05) is 36.4 Å². The molecule has 1 fully saturated rings. The van der Waals surface area contributed by atoms with Crippen molar-refractivity contribution in [3.05, 3.63) is 65.4 Å². The molecule has 0 radical (unpaired) electrons. The topological polar surface area (TPSA) is 25.4 Å². The molecule has 0 N–H and O–H groups in total. The fourth-order valence-electron chi connectivity index (χ4n) is 4.15. The Kier molecular flexibility index (Phi) is 4.11. The number of fused-ring (bicyclic) bond motifs is 2. The lowest BCUT2D eigenvalue weighted by Crippen LogP contribution is -2.37. The molecule has 0 amide bonds. The van der Waals surface area contributed by atoms with Crippen LogP contribution in [0.4, 0.5) is 0 Å². The highest BCUT2D eigenvalue weighted by molar-refractivity contribution is 5.69. The molecule has 2 aliphatic heterocycles. The summed E-state index contributed by atoms with van der Waals surface area (Å²) in [5, 5.41) is 0. The van der Waals surface area contributed by atoms with Gasteiger partial charge in [-0.15, -0.1) is 0 Å². The largest absolute Gasteiger partial charge is 0.481 e. The van der Waals surface area contributed by atoms with Crippen LogP contribution in [0.15, 0.2) is 48.5 Å². The Morgan fingerprint density at radius 3 is 2.67 bits per heavy atom. The summed E-state index contributed by atoms with van der Waals surface area (Å²) < 4.78 is 5.24. The number of nitrogens with zero attached hydrogens (tertiary/aromatic N) is 2. The lowest BCUT2D eigenvalue weighted by atomic mass is 9.93. The Labute approximate surface area is 144 Å². The average molecular weight is 320 g/mol. The molecule has 1 saturated heterocycles. The van der Waals surface area contributed by atoms with Crippen molar-refractivity contribution in [3.8, 4) is 5.88 Å². The van der Waals surface area contributed by atoms with Gasteiger partial charge in [0.15, 0.2) is 0 Å². The Balaban J connectivity index is 1.58. The van der Waals surface area contributed by atoms with E-state index in [0.717, 1.165) is 18.7 Å². The van der Waals surface area contributed by atoms with Crippen molar-refractivity contribution < 1.29 is 4.74 Å². The molecule has 3 heteroatoms. The van der Waals surface area contributed by atoms with Gasteiger partial charge in [-0.05, 0) is 49.0 Å². The van der Waals surface area contributed by atoms with Crippen molar-refractivity contribution in [2.75, 3.05) is 7.11 Å². The van der Waals surface area contributed by atoms with E-state index < -0.39 is 0 Å². The number of hydrogen-bond acceptors (Lipinski definition) is 3. The van der Waals surface area contributed by atoms with E-state index in [0.29, 0.717) is 18.0 Å². The van der Waals surface area contributed by atoms with Crippen LogP contribution in [-0.2, 0) is 6.54 Å². The minimum atomic E-state index is 0.556. The first-order chi connectivity index (χ1) is 11.7. The zero-order valence-electron chi connectivity index (χ0n) is 14.4. The summed E-state index contributed by atoms with van der Waals surface area (Å²) in [5.41, 5.74) is 5.22. The maximum Gasteiger partial charge on any atom is 0.213 e. The summed E-state index contributed by atoms with van der Waals surface area (Å²) in [6.07, 6.45) is 6.16. The molecule has 124 valence electrons. The highest BCUT2D eigenvalue weighted by Gasteiger charge is 2.36. The van der Waals surface area contributed by atoms with Crippen molar-refractivity contribution in [2.45, 2.75) is 44.8 Å². The molecule has 0 spiro atoms. The monoisotopic (exact) mass is 320 g/mol. The predicted octanol–water partition coefficient (Wildman–Crippen LogP) is 4.22. The van der Waals surface area contributed by atoms with Crippen LogP contribution in [0.2, 0.25) is 0 Å². The van der Waals surface area contributed by atoms with Crippen molar-refractivity contribution >= 4 is 5.57 Å². The van der Waals surface area contributed by atoms with Gasteiger partial charge in [0.1, 0.15) is 0 Å². The number of aromatic nitrogens is 1. The molecular weight excluding hydrogens is 296 g/mol. The van der Waals surface area contributed by atoms with Gasteiger partial charge in [0, 0.05) is 30.4 Å². The Hall–Kier alpha value is -2.13. The van der Waals surface area contributed by atoms with Crippen molar-refractivity contribution in [1.29, 1.82) is 0 Å². The summed E-state index contributed by atoms with van der Waals surface area (Å²) in [6, 6.07) is 16.2. The van der Waals surface area contributed by atoms with Gasteiger partial charge in [0.25, 0.3) is 0 Å². The summed E-state index contributed by atoms with van der Waals surface area (Å²) >= 11 is 0. The first kappa shape index (κ1) is 15.4. The van der Waals surface area contributed by atoms with Gasteiger partial charge in [0.05, 0.1) is 7.11 Å². The van der Waals surface area contributed by atoms with E-state index in [1.165, 1.54) is 29.5 Å². The third-order valence-corrected chi connectivity index (χ3v) is 5.36. The fraction of sp³-hybridized carbons (Fsp3) is 0.381. The van der Waals surface area contributed by atoms with Gasteiger partial charge < -0.3 is 4.74 Å². The third-order valence-electron chi connectivity index (χ3n) is 5.36. The molecule has 1 aromatic carbocycles. The van der Waals surface area contributed by atoms with Crippen LogP contribution in [0, 0.1) is 6.92 Å². The summed E-state index contributed by atoms with van der Waals surface area (Å²) in [4.78, 5) is 7.22. The van der Waals surface area contributed by atoms with E-state index in [1.54, 1.807) is 7.11 Å². The van der Waals surface area contributed by atoms with Crippen molar-refractivity contribution in [2.24, 2.45) is 0 Å². The molecule has 3 heterocycles. The highest BCUT2D eigenvalue weighted by atomic mass is 16.5. The van der Waals surface area contributed by atoms with Crippen molar-refractivity contribution in [3.63, 3.8) is 0 Å². The van der Waals surface area contributed by atoms with E-state index in [2.05, 4.69) is 59.3 Å². The smallest absolute Gasteiger partial charge is 0.213 e. The molecule has 4 rings (SSSR count). The molecule has 2 atom stereocenters. The zero-order valence-corrected chi connectivity index (χ0v) is 14.4. The van der Waals surface area contributed by atoms with Crippen LogP contribution in [0.25, 0.3) is 5.57 Å². The molecule has 1 aromatic heterocycles. The SMILES string of the molecule is COc1ccc(C2=CC3CCC(C2)N3Cc2ccccc2)c(C)n1. The van der Waals surface area contributed by atoms with E-state index in [4.69, 9.17) is 4.74 Å². The van der Waals surface area contributed by atoms with E-state index >= 15 is 0 Å². The highest BCUT2D eigenvalue weighted by Crippen LogP contribution is 2.40. The molecule has 0 saturated carbocycles. The maximum absolute atomic E-state index is 5.24. The second-order valence-corrected chi connectivity index (χ2v) is 6.84. The van der Waals surface area contributed by atoms with E-state index in [1.807, 2.05) is 6.07 Å². The number of hydrogen-bond donors (Lipinski definition) is 0. The molecular formula is C21H24N2O.